The first-order valence-electron chi connectivity index (χ1n) is 4.22. The predicted octanol–water partition coefficient (Wildman–Crippen LogP) is 0.476. The first-order valence-corrected chi connectivity index (χ1v) is 6.52. The third-order valence-electron chi connectivity index (χ3n) is 1.51. The monoisotopic (exact) mass is 262 g/mol. The zero-order valence-electron chi connectivity index (χ0n) is 8.47. The van der Waals surface area contributed by atoms with Gasteiger partial charge in [-0.15, -0.1) is 11.3 Å². The molecule has 1 aromatic heterocycles. The fourth-order valence-corrected chi connectivity index (χ4v) is 2.72. The lowest BCUT2D eigenvalue weighted by molar-refractivity contribution is 0.0439. The fraction of sp³-hybridized carbons (Fsp3) is 0.375. The summed E-state index contributed by atoms with van der Waals surface area (Å²) >= 11 is 0.881. The number of hydrogen-bond acceptors (Lipinski definition) is 6. The Labute approximate surface area is 97.4 Å². The van der Waals surface area contributed by atoms with Gasteiger partial charge >= 0.3 is 0 Å². The number of rotatable bonds is 6. The van der Waals surface area contributed by atoms with Crippen molar-refractivity contribution in [3.8, 4) is 6.07 Å². The average molecular weight is 262 g/mol. The second kappa shape index (κ2) is 5.93. The van der Waals surface area contributed by atoms with E-state index in [2.05, 4.69) is 4.74 Å². The second-order valence-electron chi connectivity index (χ2n) is 2.66. The standard InChI is InChI=1S/C8H10N2O4S2/c1-13-4-5-14-10-16(11,12)8-3-2-7(6-9)15-8/h2-3,10H,4-5H2,1H3. The van der Waals surface area contributed by atoms with Gasteiger partial charge in [0.25, 0.3) is 10.0 Å². The Morgan fingerprint density at radius 3 is 2.81 bits per heavy atom. The fourth-order valence-electron chi connectivity index (χ4n) is 0.810. The number of methoxy groups -OCH3 is 1. The summed E-state index contributed by atoms with van der Waals surface area (Å²) in [6.45, 7) is 0.405. The summed E-state index contributed by atoms with van der Waals surface area (Å²) in [6.07, 6.45) is 0. The summed E-state index contributed by atoms with van der Waals surface area (Å²) < 4.78 is 27.8. The smallest absolute Gasteiger partial charge is 0.271 e. The molecule has 1 aromatic rings. The molecule has 0 aliphatic heterocycles. The van der Waals surface area contributed by atoms with Crippen molar-refractivity contribution in [1.29, 1.82) is 5.26 Å². The van der Waals surface area contributed by atoms with Crippen molar-refractivity contribution in [2.75, 3.05) is 20.3 Å². The Hall–Kier alpha value is -0.980. The van der Waals surface area contributed by atoms with Gasteiger partial charge in [-0.05, 0) is 12.1 Å². The molecule has 1 rings (SSSR count). The van der Waals surface area contributed by atoms with Gasteiger partial charge in [-0.2, -0.15) is 5.26 Å². The van der Waals surface area contributed by atoms with Crippen LogP contribution in [0.2, 0.25) is 0 Å². The average Bonchev–Trinajstić information content (AvgIpc) is 2.73. The van der Waals surface area contributed by atoms with Crippen molar-refractivity contribution in [3.63, 3.8) is 0 Å². The van der Waals surface area contributed by atoms with E-state index in [1.807, 2.05) is 11.0 Å². The molecule has 8 heteroatoms. The molecule has 0 radical (unpaired) electrons. The van der Waals surface area contributed by atoms with E-state index in [0.717, 1.165) is 11.3 Å². The SMILES string of the molecule is COCCONS(=O)(=O)c1ccc(C#N)s1. The first-order chi connectivity index (χ1) is 7.60. The molecule has 0 bridgehead atoms. The molecule has 0 aromatic carbocycles. The van der Waals surface area contributed by atoms with E-state index in [4.69, 9.17) is 10.1 Å². The molecule has 0 unspecified atom stereocenters. The summed E-state index contributed by atoms with van der Waals surface area (Å²) in [5.74, 6) is 0. The highest BCUT2D eigenvalue weighted by Gasteiger charge is 2.16. The van der Waals surface area contributed by atoms with Gasteiger partial charge in [0.2, 0.25) is 0 Å². The Bertz CT molecular complexity index is 474. The maximum Gasteiger partial charge on any atom is 0.271 e. The molecule has 16 heavy (non-hydrogen) atoms. The van der Waals surface area contributed by atoms with Crippen LogP contribution in [0, 0.1) is 11.3 Å². The van der Waals surface area contributed by atoms with Crippen LogP contribution in [0.4, 0.5) is 0 Å². The minimum Gasteiger partial charge on any atom is -0.382 e. The number of nitriles is 1. The largest absolute Gasteiger partial charge is 0.382 e. The molecule has 0 atom stereocenters. The molecular weight excluding hydrogens is 252 g/mol. The van der Waals surface area contributed by atoms with Crippen LogP contribution in [0.5, 0.6) is 0 Å². The van der Waals surface area contributed by atoms with E-state index in [1.54, 1.807) is 0 Å². The van der Waals surface area contributed by atoms with E-state index < -0.39 is 10.0 Å². The molecule has 0 aliphatic rings. The van der Waals surface area contributed by atoms with Gasteiger partial charge in [0, 0.05) is 7.11 Å². The molecule has 1 N–H and O–H groups in total. The van der Waals surface area contributed by atoms with E-state index in [-0.39, 0.29) is 17.4 Å². The van der Waals surface area contributed by atoms with Gasteiger partial charge in [-0.25, -0.2) is 8.42 Å². The quantitative estimate of drug-likeness (QED) is 0.595. The molecule has 1 heterocycles. The van der Waals surface area contributed by atoms with Crippen molar-refractivity contribution in [2.45, 2.75) is 4.21 Å². The van der Waals surface area contributed by atoms with Crippen molar-refractivity contribution >= 4 is 21.4 Å². The maximum atomic E-state index is 11.5. The summed E-state index contributed by atoms with van der Waals surface area (Å²) in [5.41, 5.74) is 0. The normalized spacial score (nSPS) is 11.2. The zero-order valence-corrected chi connectivity index (χ0v) is 10.1. The molecule has 0 spiro atoms. The van der Waals surface area contributed by atoms with Crippen LogP contribution >= 0.6 is 11.3 Å². The van der Waals surface area contributed by atoms with E-state index >= 15 is 0 Å². The summed E-state index contributed by atoms with van der Waals surface area (Å²) in [6, 6.07) is 4.65. The number of thiophene rings is 1. The summed E-state index contributed by atoms with van der Waals surface area (Å²) in [5, 5.41) is 8.56. The summed E-state index contributed by atoms with van der Waals surface area (Å²) in [4.78, 5) is 6.97. The van der Waals surface area contributed by atoms with Gasteiger partial charge in [0.05, 0.1) is 13.2 Å². The van der Waals surface area contributed by atoms with E-state index in [1.165, 1.54) is 19.2 Å². The first kappa shape index (κ1) is 13.1. The minimum atomic E-state index is -3.69. The lowest BCUT2D eigenvalue weighted by atomic mass is 10.5. The Balaban J connectivity index is 2.61. The highest BCUT2D eigenvalue weighted by atomic mass is 32.2. The molecule has 6 nitrogen and oxygen atoms in total. The molecule has 0 fully saturated rings. The van der Waals surface area contributed by atoms with Crippen LogP contribution in [0.15, 0.2) is 16.3 Å². The number of sulfonamides is 1. The van der Waals surface area contributed by atoms with Crippen LogP contribution in [-0.2, 0) is 19.6 Å². The number of ether oxygens (including phenoxy) is 1. The Kier molecular flexibility index (Phi) is 4.85. The topological polar surface area (TPSA) is 88.4 Å². The van der Waals surface area contributed by atoms with Crippen LogP contribution in [-0.4, -0.2) is 28.7 Å². The number of hydrogen-bond donors (Lipinski definition) is 1. The van der Waals surface area contributed by atoms with Crippen molar-refractivity contribution in [3.05, 3.63) is 17.0 Å². The maximum absolute atomic E-state index is 11.5. The molecule has 0 saturated carbocycles. The molecule has 0 amide bonds. The molecular formula is C8H10N2O4S2. The Morgan fingerprint density at radius 2 is 2.25 bits per heavy atom. The molecule has 0 aliphatic carbocycles. The van der Waals surface area contributed by atoms with Crippen molar-refractivity contribution < 1.29 is 18.0 Å². The van der Waals surface area contributed by atoms with E-state index in [9.17, 15) is 8.42 Å². The minimum absolute atomic E-state index is 0.0430. The number of nitrogens with one attached hydrogen (secondary N) is 1. The van der Waals surface area contributed by atoms with Crippen LogP contribution in [0.3, 0.4) is 0 Å². The van der Waals surface area contributed by atoms with Crippen molar-refractivity contribution in [1.82, 2.24) is 4.89 Å². The third-order valence-corrected chi connectivity index (χ3v) is 4.21. The molecule has 0 saturated heterocycles. The van der Waals surface area contributed by atoms with E-state index in [0.29, 0.717) is 4.88 Å². The van der Waals surface area contributed by atoms with Crippen LogP contribution < -0.4 is 4.89 Å². The van der Waals surface area contributed by atoms with Gasteiger partial charge in [0.1, 0.15) is 15.2 Å². The zero-order chi connectivity index (χ0) is 12.0. The van der Waals surface area contributed by atoms with Gasteiger partial charge in [-0.3, -0.25) is 4.84 Å². The van der Waals surface area contributed by atoms with Crippen molar-refractivity contribution in [2.24, 2.45) is 0 Å². The lowest BCUT2D eigenvalue weighted by Crippen LogP contribution is -2.24. The highest BCUT2D eigenvalue weighted by molar-refractivity contribution is 7.91. The van der Waals surface area contributed by atoms with Gasteiger partial charge in [0.15, 0.2) is 0 Å². The predicted molar refractivity (Wildman–Crippen MR) is 57.2 cm³/mol. The van der Waals surface area contributed by atoms with Crippen LogP contribution in [0.1, 0.15) is 4.88 Å². The number of nitrogens with zero attached hydrogens (tertiary/aromatic N) is 1. The summed E-state index contributed by atoms with van der Waals surface area (Å²) in [7, 11) is -2.21. The molecule has 88 valence electrons. The van der Waals surface area contributed by atoms with Gasteiger partial charge < -0.3 is 4.74 Å². The van der Waals surface area contributed by atoms with Gasteiger partial charge in [-0.1, -0.05) is 4.89 Å². The second-order valence-corrected chi connectivity index (χ2v) is 5.61. The Morgan fingerprint density at radius 1 is 1.50 bits per heavy atom. The third kappa shape index (κ3) is 3.55. The lowest BCUT2D eigenvalue weighted by Gasteiger charge is -2.04. The van der Waals surface area contributed by atoms with Crippen LogP contribution in [0.25, 0.3) is 0 Å². The highest BCUT2D eigenvalue weighted by Crippen LogP contribution is 2.20.